The molecule has 0 heterocycles. The number of benzene rings is 1. The zero-order valence-electron chi connectivity index (χ0n) is 12.0. The molecule has 0 radical (unpaired) electrons. The van der Waals surface area contributed by atoms with E-state index in [0.29, 0.717) is 13.2 Å². The molecule has 106 valence electrons. The number of likely N-dealkylation sites (N-methyl/N-ethyl adjacent to an activating group) is 1. The summed E-state index contributed by atoms with van der Waals surface area (Å²) < 4.78 is 11.6. The molecule has 0 bridgehead atoms. The van der Waals surface area contributed by atoms with E-state index in [4.69, 9.17) is 9.47 Å². The molecular formula is C16H25NO2. The molecular weight excluding hydrogens is 238 g/mol. The fourth-order valence-electron chi connectivity index (χ4n) is 2.20. The van der Waals surface area contributed by atoms with Gasteiger partial charge in [-0.1, -0.05) is 25.1 Å². The van der Waals surface area contributed by atoms with Crippen LogP contribution in [-0.2, 0) is 4.74 Å². The van der Waals surface area contributed by atoms with Gasteiger partial charge in [0.2, 0.25) is 0 Å². The Morgan fingerprint density at radius 3 is 2.74 bits per heavy atom. The maximum Gasteiger partial charge on any atom is 0.124 e. The van der Waals surface area contributed by atoms with Gasteiger partial charge in [0.05, 0.1) is 19.3 Å². The van der Waals surface area contributed by atoms with E-state index in [-0.39, 0.29) is 6.04 Å². The van der Waals surface area contributed by atoms with E-state index in [1.165, 1.54) is 18.4 Å². The summed E-state index contributed by atoms with van der Waals surface area (Å²) in [5.74, 6) is 1.77. The van der Waals surface area contributed by atoms with Gasteiger partial charge in [-0.25, -0.2) is 0 Å². The van der Waals surface area contributed by atoms with Crippen LogP contribution in [0.5, 0.6) is 5.75 Å². The van der Waals surface area contributed by atoms with Crippen LogP contribution in [-0.4, -0.2) is 26.4 Å². The van der Waals surface area contributed by atoms with Gasteiger partial charge in [0.15, 0.2) is 0 Å². The van der Waals surface area contributed by atoms with Crippen LogP contribution in [0.2, 0.25) is 0 Å². The largest absolute Gasteiger partial charge is 0.494 e. The summed E-state index contributed by atoms with van der Waals surface area (Å²) in [6.07, 6.45) is 2.67. The molecule has 0 spiro atoms. The summed E-state index contributed by atoms with van der Waals surface area (Å²) in [6, 6.07) is 8.45. The van der Waals surface area contributed by atoms with Crippen molar-refractivity contribution in [2.75, 3.05) is 26.4 Å². The second-order valence-corrected chi connectivity index (χ2v) is 5.06. The van der Waals surface area contributed by atoms with Crippen molar-refractivity contribution in [1.29, 1.82) is 0 Å². The highest BCUT2D eigenvalue weighted by atomic mass is 16.5. The van der Waals surface area contributed by atoms with Gasteiger partial charge in [0.25, 0.3) is 0 Å². The second-order valence-electron chi connectivity index (χ2n) is 5.06. The first-order valence-corrected chi connectivity index (χ1v) is 7.38. The van der Waals surface area contributed by atoms with E-state index in [1.54, 1.807) is 0 Å². The molecule has 0 aromatic heterocycles. The molecule has 2 rings (SSSR count). The topological polar surface area (TPSA) is 30.5 Å². The third kappa shape index (κ3) is 4.51. The average Bonchev–Trinajstić information content (AvgIpc) is 3.23. The number of nitrogens with one attached hydrogen (secondary N) is 1. The molecule has 1 N–H and O–H groups in total. The van der Waals surface area contributed by atoms with Crippen LogP contribution in [0.15, 0.2) is 24.3 Å². The molecule has 19 heavy (non-hydrogen) atoms. The Labute approximate surface area is 116 Å². The minimum atomic E-state index is 0.214. The molecule has 0 saturated heterocycles. The quantitative estimate of drug-likeness (QED) is 0.742. The lowest BCUT2D eigenvalue weighted by Crippen LogP contribution is -2.26. The minimum absolute atomic E-state index is 0.214. The third-order valence-electron chi connectivity index (χ3n) is 3.38. The van der Waals surface area contributed by atoms with Gasteiger partial charge < -0.3 is 14.8 Å². The van der Waals surface area contributed by atoms with Crippen LogP contribution in [0.4, 0.5) is 0 Å². The Morgan fingerprint density at radius 2 is 2.05 bits per heavy atom. The molecule has 1 aliphatic rings. The van der Waals surface area contributed by atoms with Crippen LogP contribution in [0.3, 0.4) is 0 Å². The van der Waals surface area contributed by atoms with Crippen molar-refractivity contribution >= 4 is 0 Å². The molecule has 3 nitrogen and oxygen atoms in total. The van der Waals surface area contributed by atoms with Gasteiger partial charge in [-0.05, 0) is 38.3 Å². The standard InChI is InChI=1S/C16H25NO2/c1-3-17-15(12-18-11-13-9-10-13)14-7-5-6-8-16(14)19-4-2/h5-8,13,15,17H,3-4,9-12H2,1-2H3. The van der Waals surface area contributed by atoms with Crippen LogP contribution < -0.4 is 10.1 Å². The highest BCUT2D eigenvalue weighted by Gasteiger charge is 2.22. The van der Waals surface area contributed by atoms with Gasteiger partial charge in [0, 0.05) is 12.2 Å². The van der Waals surface area contributed by atoms with Gasteiger partial charge >= 0.3 is 0 Å². The maximum absolute atomic E-state index is 5.84. The first kappa shape index (κ1) is 14.4. The first-order valence-electron chi connectivity index (χ1n) is 7.38. The number of para-hydroxylation sites is 1. The molecule has 1 aromatic carbocycles. The molecule has 0 amide bonds. The SMILES string of the molecule is CCNC(COCC1CC1)c1ccccc1OCC. The van der Waals surface area contributed by atoms with Gasteiger partial charge in [-0.3, -0.25) is 0 Å². The fraction of sp³-hybridized carbons (Fsp3) is 0.625. The Kier molecular flexibility index (Phi) is 5.67. The summed E-state index contributed by atoms with van der Waals surface area (Å²) in [6.45, 7) is 7.38. The Morgan fingerprint density at radius 1 is 1.26 bits per heavy atom. The third-order valence-corrected chi connectivity index (χ3v) is 3.38. The minimum Gasteiger partial charge on any atom is -0.494 e. The predicted molar refractivity (Wildman–Crippen MR) is 77.6 cm³/mol. The van der Waals surface area contributed by atoms with Crippen molar-refractivity contribution in [2.45, 2.75) is 32.7 Å². The smallest absolute Gasteiger partial charge is 0.124 e. The highest BCUT2D eigenvalue weighted by Crippen LogP contribution is 2.30. The maximum atomic E-state index is 5.84. The lowest BCUT2D eigenvalue weighted by atomic mass is 10.1. The summed E-state index contributed by atoms with van der Waals surface area (Å²) in [4.78, 5) is 0. The number of hydrogen-bond donors (Lipinski definition) is 1. The van der Waals surface area contributed by atoms with E-state index in [1.807, 2.05) is 19.1 Å². The van der Waals surface area contributed by atoms with E-state index in [9.17, 15) is 0 Å². The number of rotatable bonds is 9. The van der Waals surface area contributed by atoms with Crippen molar-refractivity contribution in [3.63, 3.8) is 0 Å². The van der Waals surface area contributed by atoms with E-state index >= 15 is 0 Å². The molecule has 1 aromatic rings. The molecule has 1 aliphatic carbocycles. The van der Waals surface area contributed by atoms with Gasteiger partial charge in [-0.15, -0.1) is 0 Å². The second kappa shape index (κ2) is 7.51. The predicted octanol–water partition coefficient (Wildman–Crippen LogP) is 3.16. The van der Waals surface area contributed by atoms with Crippen LogP contribution >= 0.6 is 0 Å². The average molecular weight is 263 g/mol. The Hall–Kier alpha value is -1.06. The molecule has 3 heteroatoms. The molecule has 1 unspecified atom stereocenters. The Balaban J connectivity index is 1.98. The van der Waals surface area contributed by atoms with Crippen molar-refractivity contribution in [3.05, 3.63) is 29.8 Å². The summed E-state index contributed by atoms with van der Waals surface area (Å²) in [7, 11) is 0. The zero-order chi connectivity index (χ0) is 13.5. The summed E-state index contributed by atoms with van der Waals surface area (Å²) in [5.41, 5.74) is 1.20. The number of hydrogen-bond acceptors (Lipinski definition) is 3. The van der Waals surface area contributed by atoms with Crippen molar-refractivity contribution < 1.29 is 9.47 Å². The summed E-state index contributed by atoms with van der Waals surface area (Å²) >= 11 is 0. The zero-order valence-corrected chi connectivity index (χ0v) is 12.0. The highest BCUT2D eigenvalue weighted by molar-refractivity contribution is 5.36. The number of ether oxygens (including phenoxy) is 2. The fourth-order valence-corrected chi connectivity index (χ4v) is 2.20. The van der Waals surface area contributed by atoms with Gasteiger partial charge in [-0.2, -0.15) is 0 Å². The van der Waals surface area contributed by atoms with Crippen molar-refractivity contribution in [1.82, 2.24) is 5.32 Å². The molecule has 1 fully saturated rings. The van der Waals surface area contributed by atoms with Crippen LogP contribution in [0.1, 0.15) is 38.3 Å². The van der Waals surface area contributed by atoms with Crippen LogP contribution in [0.25, 0.3) is 0 Å². The molecule has 1 atom stereocenters. The first-order chi connectivity index (χ1) is 9.35. The monoisotopic (exact) mass is 263 g/mol. The van der Waals surface area contributed by atoms with E-state index in [2.05, 4.69) is 24.4 Å². The Bertz CT molecular complexity index is 377. The van der Waals surface area contributed by atoms with E-state index < -0.39 is 0 Å². The normalized spacial score (nSPS) is 16.3. The van der Waals surface area contributed by atoms with Crippen molar-refractivity contribution in [3.8, 4) is 5.75 Å². The van der Waals surface area contributed by atoms with Crippen LogP contribution in [0, 0.1) is 5.92 Å². The van der Waals surface area contributed by atoms with E-state index in [0.717, 1.165) is 24.8 Å². The van der Waals surface area contributed by atoms with Gasteiger partial charge in [0.1, 0.15) is 5.75 Å². The summed E-state index contributed by atoms with van der Waals surface area (Å²) in [5, 5.41) is 3.49. The molecule has 1 saturated carbocycles. The lowest BCUT2D eigenvalue weighted by Gasteiger charge is -2.21. The molecule has 0 aliphatic heterocycles. The van der Waals surface area contributed by atoms with Crippen molar-refractivity contribution in [2.24, 2.45) is 5.92 Å². The lowest BCUT2D eigenvalue weighted by molar-refractivity contribution is 0.102.